The Balaban J connectivity index is 1.90. The number of amides is 1. The zero-order valence-electron chi connectivity index (χ0n) is 12.2. The maximum Gasteiger partial charge on any atom is 0.260 e. The van der Waals surface area contributed by atoms with E-state index >= 15 is 0 Å². The van der Waals surface area contributed by atoms with Crippen LogP contribution in [-0.2, 0) is 11.3 Å². The average molecular weight is 286 g/mol. The Kier molecular flexibility index (Phi) is 5.15. The average Bonchev–Trinajstić information content (AvgIpc) is 2.54. The molecule has 1 amide bonds. The zero-order chi connectivity index (χ0) is 15.1. The van der Waals surface area contributed by atoms with E-state index in [9.17, 15) is 4.79 Å². The van der Waals surface area contributed by atoms with E-state index in [2.05, 4.69) is 4.98 Å². The van der Waals surface area contributed by atoms with Crippen LogP contribution in [0.3, 0.4) is 0 Å². The van der Waals surface area contributed by atoms with Crippen molar-refractivity contribution < 1.29 is 14.3 Å². The molecule has 2 aromatic rings. The van der Waals surface area contributed by atoms with Crippen LogP contribution in [0.15, 0.2) is 48.7 Å². The number of rotatable bonds is 6. The number of methoxy groups -OCH3 is 1. The topological polar surface area (TPSA) is 51.7 Å². The van der Waals surface area contributed by atoms with Crippen molar-refractivity contribution in [1.29, 1.82) is 0 Å². The molecule has 1 aromatic heterocycles. The molecule has 0 unspecified atom stereocenters. The second-order valence-corrected chi connectivity index (χ2v) is 4.52. The first-order valence-electron chi connectivity index (χ1n) is 6.60. The van der Waals surface area contributed by atoms with Crippen molar-refractivity contribution in [2.45, 2.75) is 6.54 Å². The number of benzene rings is 1. The summed E-state index contributed by atoms with van der Waals surface area (Å²) in [7, 11) is 3.29. The van der Waals surface area contributed by atoms with E-state index in [-0.39, 0.29) is 12.5 Å². The lowest BCUT2D eigenvalue weighted by molar-refractivity contribution is -0.132. The van der Waals surface area contributed by atoms with Crippen LogP contribution in [0.4, 0.5) is 0 Å². The zero-order valence-corrected chi connectivity index (χ0v) is 12.2. The van der Waals surface area contributed by atoms with Crippen molar-refractivity contribution in [2.75, 3.05) is 20.8 Å². The number of carbonyl (C=O) groups is 1. The number of aromatic nitrogens is 1. The van der Waals surface area contributed by atoms with Crippen molar-refractivity contribution in [3.63, 3.8) is 0 Å². The van der Waals surface area contributed by atoms with Gasteiger partial charge in [0.1, 0.15) is 5.75 Å². The number of pyridine rings is 1. The maximum atomic E-state index is 12.1. The molecule has 1 heterocycles. The third-order valence-electron chi connectivity index (χ3n) is 2.98. The van der Waals surface area contributed by atoms with Gasteiger partial charge >= 0.3 is 0 Å². The number of carbonyl (C=O) groups excluding carboxylic acids is 1. The van der Waals surface area contributed by atoms with Crippen LogP contribution in [-0.4, -0.2) is 36.6 Å². The van der Waals surface area contributed by atoms with Gasteiger partial charge in [-0.3, -0.25) is 4.79 Å². The molecule has 0 saturated carbocycles. The molecule has 0 saturated heterocycles. The first-order chi connectivity index (χ1) is 10.2. The highest BCUT2D eigenvalue weighted by Crippen LogP contribution is 2.15. The minimum atomic E-state index is -0.107. The van der Waals surface area contributed by atoms with Crippen molar-refractivity contribution in [3.05, 3.63) is 54.2 Å². The summed E-state index contributed by atoms with van der Waals surface area (Å²) in [5.74, 6) is 1.10. The highest BCUT2D eigenvalue weighted by Gasteiger charge is 2.13. The predicted octanol–water partition coefficient (Wildman–Crippen LogP) is 2.13. The number of hydrogen-bond acceptors (Lipinski definition) is 4. The molecule has 0 bridgehead atoms. The Bertz CT molecular complexity index is 587. The molecule has 0 aliphatic carbocycles. The Morgan fingerprint density at radius 1 is 1.19 bits per heavy atom. The van der Waals surface area contributed by atoms with E-state index in [4.69, 9.17) is 9.47 Å². The van der Waals surface area contributed by atoms with Crippen LogP contribution >= 0.6 is 0 Å². The van der Waals surface area contributed by atoms with Crippen LogP contribution in [0.25, 0.3) is 0 Å². The van der Waals surface area contributed by atoms with Crippen LogP contribution in [0.5, 0.6) is 11.6 Å². The fourth-order valence-electron chi connectivity index (χ4n) is 1.84. The second kappa shape index (κ2) is 7.28. The quantitative estimate of drug-likeness (QED) is 0.816. The van der Waals surface area contributed by atoms with E-state index in [0.717, 1.165) is 5.56 Å². The lowest BCUT2D eigenvalue weighted by Gasteiger charge is -2.18. The molecule has 0 N–H and O–H groups in total. The molecule has 0 radical (unpaired) electrons. The predicted molar refractivity (Wildman–Crippen MR) is 79.2 cm³/mol. The molecule has 0 spiro atoms. The van der Waals surface area contributed by atoms with Crippen LogP contribution in [0, 0.1) is 0 Å². The standard InChI is InChI=1S/C16H18N2O3/c1-18(11-13-7-6-10-17-16(13)20-2)15(19)12-21-14-8-4-3-5-9-14/h3-10H,11-12H2,1-2H3. The van der Waals surface area contributed by atoms with Crippen molar-refractivity contribution >= 4 is 5.91 Å². The van der Waals surface area contributed by atoms with Crippen LogP contribution in [0.2, 0.25) is 0 Å². The van der Waals surface area contributed by atoms with Gasteiger partial charge in [0.2, 0.25) is 5.88 Å². The minimum Gasteiger partial charge on any atom is -0.484 e. The first-order valence-corrected chi connectivity index (χ1v) is 6.60. The van der Waals surface area contributed by atoms with Crippen LogP contribution in [0.1, 0.15) is 5.56 Å². The smallest absolute Gasteiger partial charge is 0.260 e. The van der Waals surface area contributed by atoms with Gasteiger partial charge in [-0.15, -0.1) is 0 Å². The Morgan fingerprint density at radius 2 is 1.95 bits per heavy atom. The Morgan fingerprint density at radius 3 is 2.67 bits per heavy atom. The molecular formula is C16H18N2O3. The highest BCUT2D eigenvalue weighted by atomic mass is 16.5. The molecule has 110 valence electrons. The molecule has 0 atom stereocenters. The minimum absolute atomic E-state index is 0.00307. The van der Waals surface area contributed by atoms with Gasteiger partial charge in [0.15, 0.2) is 6.61 Å². The number of ether oxygens (including phenoxy) is 2. The summed E-state index contributed by atoms with van der Waals surface area (Å²) in [5.41, 5.74) is 0.857. The van der Waals surface area contributed by atoms with Gasteiger partial charge in [0, 0.05) is 18.8 Å². The van der Waals surface area contributed by atoms with Gasteiger partial charge in [-0.05, 0) is 18.2 Å². The van der Waals surface area contributed by atoms with E-state index in [1.165, 1.54) is 0 Å². The largest absolute Gasteiger partial charge is 0.484 e. The maximum absolute atomic E-state index is 12.1. The molecule has 5 nitrogen and oxygen atoms in total. The molecule has 1 aromatic carbocycles. The van der Waals surface area contributed by atoms with Gasteiger partial charge in [0.25, 0.3) is 5.91 Å². The van der Waals surface area contributed by atoms with Gasteiger partial charge < -0.3 is 14.4 Å². The summed E-state index contributed by atoms with van der Waals surface area (Å²) >= 11 is 0. The molecule has 2 rings (SSSR count). The monoisotopic (exact) mass is 286 g/mol. The number of likely N-dealkylation sites (N-methyl/N-ethyl adjacent to an activating group) is 1. The number of para-hydroxylation sites is 1. The summed E-state index contributed by atoms with van der Waals surface area (Å²) < 4.78 is 10.6. The van der Waals surface area contributed by atoms with Gasteiger partial charge in [-0.25, -0.2) is 4.98 Å². The number of nitrogens with zero attached hydrogens (tertiary/aromatic N) is 2. The van der Waals surface area contributed by atoms with Crippen LogP contribution < -0.4 is 9.47 Å². The van der Waals surface area contributed by atoms with Gasteiger partial charge in [0.05, 0.1) is 13.7 Å². The summed E-state index contributed by atoms with van der Waals surface area (Å²) in [6.07, 6.45) is 1.66. The summed E-state index contributed by atoms with van der Waals surface area (Å²) in [5, 5.41) is 0. The Hall–Kier alpha value is -2.56. The van der Waals surface area contributed by atoms with E-state index < -0.39 is 0 Å². The van der Waals surface area contributed by atoms with Gasteiger partial charge in [-0.2, -0.15) is 0 Å². The third kappa shape index (κ3) is 4.21. The number of hydrogen-bond donors (Lipinski definition) is 0. The van der Waals surface area contributed by atoms with Gasteiger partial charge in [-0.1, -0.05) is 24.3 Å². The summed E-state index contributed by atoms with van der Waals surface area (Å²) in [4.78, 5) is 17.8. The van der Waals surface area contributed by atoms with E-state index in [1.54, 1.807) is 25.3 Å². The molecule has 0 fully saturated rings. The Labute approximate surface area is 124 Å². The normalized spacial score (nSPS) is 10.0. The lowest BCUT2D eigenvalue weighted by atomic mass is 10.2. The molecule has 0 aliphatic rings. The summed E-state index contributed by atoms with van der Waals surface area (Å²) in [6, 6.07) is 13.0. The fourth-order valence-corrected chi connectivity index (χ4v) is 1.84. The molecular weight excluding hydrogens is 268 g/mol. The van der Waals surface area contributed by atoms with E-state index in [1.807, 2.05) is 42.5 Å². The van der Waals surface area contributed by atoms with Crippen molar-refractivity contribution in [3.8, 4) is 11.6 Å². The molecule has 0 aliphatic heterocycles. The third-order valence-corrected chi connectivity index (χ3v) is 2.98. The molecule has 5 heteroatoms. The molecule has 21 heavy (non-hydrogen) atoms. The van der Waals surface area contributed by atoms with Crippen molar-refractivity contribution in [1.82, 2.24) is 9.88 Å². The lowest BCUT2D eigenvalue weighted by Crippen LogP contribution is -2.31. The SMILES string of the molecule is COc1ncccc1CN(C)C(=O)COc1ccccc1. The highest BCUT2D eigenvalue weighted by molar-refractivity contribution is 5.77. The summed E-state index contributed by atoms with van der Waals surface area (Å²) in [6.45, 7) is 0.428. The fraction of sp³-hybridized carbons (Fsp3) is 0.250. The van der Waals surface area contributed by atoms with E-state index in [0.29, 0.717) is 18.2 Å². The first kappa shape index (κ1) is 14.8. The van der Waals surface area contributed by atoms with Crippen molar-refractivity contribution in [2.24, 2.45) is 0 Å². The second-order valence-electron chi connectivity index (χ2n) is 4.52.